The number of carboxylic acids is 1. The first-order chi connectivity index (χ1) is 19.7. The van der Waals surface area contributed by atoms with Crippen LogP contribution >= 0.6 is 0 Å². The van der Waals surface area contributed by atoms with Crippen LogP contribution in [0.15, 0.2) is 29.3 Å². The van der Waals surface area contributed by atoms with Crippen molar-refractivity contribution in [2.45, 2.75) is 76.8 Å². The second-order valence-electron chi connectivity index (χ2n) is 10.7. The molecule has 240 valence electrons. The molecule has 1 aromatic heterocycles. The van der Waals surface area contributed by atoms with Crippen molar-refractivity contribution in [3.63, 3.8) is 0 Å². The Morgan fingerprint density at radius 3 is 2.42 bits per heavy atom. The quantitative estimate of drug-likeness (QED) is 0.327. The molecule has 0 spiro atoms. The largest absolute Gasteiger partial charge is 0.486 e. The Labute approximate surface area is 243 Å². The third-order valence-corrected chi connectivity index (χ3v) is 8.12. The molecule has 2 aromatic rings. The molecule has 0 radical (unpaired) electrons. The Kier molecular flexibility index (Phi) is 9.43. The van der Waals surface area contributed by atoms with Gasteiger partial charge in [0.15, 0.2) is 4.90 Å². The van der Waals surface area contributed by atoms with Gasteiger partial charge in [-0.25, -0.2) is 22.0 Å². The first-order valence-corrected chi connectivity index (χ1v) is 14.2. The zero-order chi connectivity index (χ0) is 32.5. The molecule has 1 aliphatic rings. The number of halogens is 5. The van der Waals surface area contributed by atoms with E-state index >= 15 is 0 Å². The fourth-order valence-electron chi connectivity index (χ4n) is 3.97. The topological polar surface area (TPSA) is 149 Å². The molecule has 1 amide bonds. The van der Waals surface area contributed by atoms with Gasteiger partial charge in [-0.05, 0) is 52.8 Å². The van der Waals surface area contributed by atoms with Crippen LogP contribution in [-0.2, 0) is 26.1 Å². The summed E-state index contributed by atoms with van der Waals surface area (Å²) in [5.41, 5.74) is -4.57. The van der Waals surface area contributed by atoms with Gasteiger partial charge in [0.25, 0.3) is 22.3 Å². The minimum Gasteiger partial charge on any atom is -0.486 e. The van der Waals surface area contributed by atoms with E-state index in [0.717, 1.165) is 16.6 Å². The molecule has 1 atom stereocenters. The van der Waals surface area contributed by atoms with Crippen LogP contribution < -0.4 is 19.1 Å². The number of ether oxygens (including phenoxy) is 3. The molecule has 0 bridgehead atoms. The van der Waals surface area contributed by atoms with E-state index in [0.29, 0.717) is 18.5 Å². The van der Waals surface area contributed by atoms with E-state index in [1.165, 1.54) is 32.9 Å². The second-order valence-corrected chi connectivity index (χ2v) is 12.5. The van der Waals surface area contributed by atoms with E-state index in [-0.39, 0.29) is 30.2 Å². The first-order valence-electron chi connectivity index (χ1n) is 12.8. The highest BCUT2D eigenvalue weighted by Gasteiger charge is 2.51. The number of anilines is 2. The van der Waals surface area contributed by atoms with Crippen LogP contribution in [0.25, 0.3) is 0 Å². The molecule has 0 saturated heterocycles. The average molecular weight is 643 g/mol. The van der Waals surface area contributed by atoms with Crippen molar-refractivity contribution in [1.82, 2.24) is 9.78 Å². The maximum absolute atomic E-state index is 14.0. The number of aliphatic carboxylic acids is 1. The van der Waals surface area contributed by atoms with Gasteiger partial charge in [-0.1, -0.05) is 0 Å². The SMILES string of the molecule is CCOc1nn(CC(F)F)cc1S(=O)(=O)N1C[C@H](CC(C)(C)C(=O)O)Oc2ccc(NC(=O)OC(C)(C)C(F)(F)F)cc21. The van der Waals surface area contributed by atoms with E-state index < -0.39 is 75.7 Å². The first kappa shape index (κ1) is 33.7. The fraction of sp³-hybridized carbons (Fsp3) is 0.560. The normalized spacial score (nSPS) is 16.0. The number of carboxylic acid groups (broad SMARTS) is 1. The summed E-state index contributed by atoms with van der Waals surface area (Å²) in [7, 11) is -4.69. The summed E-state index contributed by atoms with van der Waals surface area (Å²) in [4.78, 5) is 23.5. The van der Waals surface area contributed by atoms with Gasteiger partial charge in [-0.3, -0.25) is 19.1 Å². The van der Waals surface area contributed by atoms with Crippen molar-refractivity contribution in [3.8, 4) is 11.6 Å². The molecule has 2 N–H and O–H groups in total. The molecule has 0 unspecified atom stereocenters. The minimum absolute atomic E-state index is 0.0617. The lowest BCUT2D eigenvalue weighted by Crippen LogP contribution is -2.46. The van der Waals surface area contributed by atoms with E-state index in [2.05, 4.69) is 15.2 Å². The number of nitrogens with zero attached hydrogens (tertiary/aromatic N) is 3. The lowest BCUT2D eigenvalue weighted by molar-refractivity contribution is -0.242. The zero-order valence-electron chi connectivity index (χ0n) is 23.7. The Balaban J connectivity index is 2.07. The molecule has 1 aliphatic heterocycles. The third-order valence-electron chi connectivity index (χ3n) is 6.36. The van der Waals surface area contributed by atoms with Crippen LogP contribution in [0.2, 0.25) is 0 Å². The molecule has 43 heavy (non-hydrogen) atoms. The van der Waals surface area contributed by atoms with Gasteiger partial charge in [0.05, 0.1) is 24.3 Å². The van der Waals surface area contributed by atoms with Crippen molar-refractivity contribution in [3.05, 3.63) is 24.4 Å². The van der Waals surface area contributed by atoms with Gasteiger partial charge < -0.3 is 19.3 Å². The summed E-state index contributed by atoms with van der Waals surface area (Å²) in [5, 5.41) is 15.5. The van der Waals surface area contributed by atoms with E-state index in [9.17, 15) is 45.1 Å². The van der Waals surface area contributed by atoms with E-state index in [4.69, 9.17) is 9.47 Å². The molecule has 2 heterocycles. The number of benzene rings is 1. The van der Waals surface area contributed by atoms with Gasteiger partial charge in [0, 0.05) is 18.3 Å². The molecule has 0 saturated carbocycles. The van der Waals surface area contributed by atoms with E-state index in [1.807, 2.05) is 0 Å². The molecule has 0 fully saturated rings. The molecular formula is C25H31F5N4O8S. The lowest BCUT2D eigenvalue weighted by atomic mass is 9.86. The molecule has 0 aliphatic carbocycles. The summed E-state index contributed by atoms with van der Waals surface area (Å²) in [6.45, 7) is 4.17. The van der Waals surface area contributed by atoms with Gasteiger partial charge in [-0.15, -0.1) is 5.10 Å². The summed E-state index contributed by atoms with van der Waals surface area (Å²) >= 11 is 0. The number of hydrogen-bond acceptors (Lipinski definition) is 8. The maximum Gasteiger partial charge on any atom is 0.427 e. The summed E-state index contributed by atoms with van der Waals surface area (Å²) in [6.07, 6.45) is -9.55. The fourth-order valence-corrected chi connectivity index (χ4v) is 5.54. The monoisotopic (exact) mass is 642 g/mol. The summed E-state index contributed by atoms with van der Waals surface area (Å²) in [5.74, 6) is -1.72. The van der Waals surface area contributed by atoms with Gasteiger partial charge in [0.1, 0.15) is 18.4 Å². The predicted octanol–water partition coefficient (Wildman–Crippen LogP) is 4.89. The molecule has 12 nitrogen and oxygen atoms in total. The number of aromatic nitrogens is 2. The number of sulfonamides is 1. The Bertz CT molecular complexity index is 1460. The lowest BCUT2D eigenvalue weighted by Gasteiger charge is -2.37. The van der Waals surface area contributed by atoms with Crippen molar-refractivity contribution >= 4 is 33.5 Å². The molecule has 3 rings (SSSR count). The Morgan fingerprint density at radius 2 is 1.86 bits per heavy atom. The Hall–Kier alpha value is -3.83. The average Bonchev–Trinajstić information content (AvgIpc) is 3.24. The van der Waals surface area contributed by atoms with Gasteiger partial charge >= 0.3 is 18.2 Å². The number of hydrogen-bond donors (Lipinski definition) is 2. The van der Waals surface area contributed by atoms with Crippen LogP contribution in [0.1, 0.15) is 41.0 Å². The highest BCUT2D eigenvalue weighted by Crippen LogP contribution is 2.42. The number of carbonyl (C=O) groups is 2. The third kappa shape index (κ3) is 7.58. The van der Waals surface area contributed by atoms with Crippen molar-refractivity contribution in [2.24, 2.45) is 5.41 Å². The standard InChI is InChI=1S/C25H31F5N4O8S/c1-6-40-20-18(12-33(32-20)13-19(26)27)43(38,39)34-11-15(10-23(2,3)21(35)36)41-17-8-7-14(9-16(17)34)31-22(37)42-24(4,5)25(28,29)30/h7-9,12,15,19H,6,10-11,13H2,1-5H3,(H,31,37)(H,35,36)/t15-/m0/s1. The number of amides is 1. The highest BCUT2D eigenvalue weighted by molar-refractivity contribution is 7.93. The van der Waals surface area contributed by atoms with Crippen molar-refractivity contribution < 1.29 is 59.3 Å². The predicted molar refractivity (Wildman–Crippen MR) is 141 cm³/mol. The van der Waals surface area contributed by atoms with Crippen LogP contribution in [0.4, 0.5) is 38.1 Å². The van der Waals surface area contributed by atoms with Crippen molar-refractivity contribution in [2.75, 3.05) is 22.8 Å². The maximum atomic E-state index is 14.0. The van der Waals surface area contributed by atoms with Crippen LogP contribution in [0, 0.1) is 5.41 Å². The Morgan fingerprint density at radius 1 is 1.21 bits per heavy atom. The molecule has 18 heteroatoms. The van der Waals surface area contributed by atoms with E-state index in [1.54, 1.807) is 0 Å². The van der Waals surface area contributed by atoms with Gasteiger partial charge in [0.2, 0.25) is 5.60 Å². The number of nitrogens with one attached hydrogen (secondary N) is 1. The minimum atomic E-state index is -4.88. The number of rotatable bonds is 11. The highest BCUT2D eigenvalue weighted by atomic mass is 32.2. The number of alkyl halides is 5. The smallest absolute Gasteiger partial charge is 0.427 e. The molecule has 1 aromatic carbocycles. The molecular weight excluding hydrogens is 611 g/mol. The summed E-state index contributed by atoms with van der Waals surface area (Å²) in [6, 6.07) is 3.53. The van der Waals surface area contributed by atoms with Crippen LogP contribution in [0.3, 0.4) is 0 Å². The van der Waals surface area contributed by atoms with Crippen LogP contribution in [-0.4, -0.2) is 72.8 Å². The van der Waals surface area contributed by atoms with Crippen LogP contribution in [0.5, 0.6) is 11.6 Å². The van der Waals surface area contributed by atoms with Crippen molar-refractivity contribution in [1.29, 1.82) is 0 Å². The number of fused-ring (bicyclic) bond motifs is 1. The zero-order valence-corrected chi connectivity index (χ0v) is 24.6. The second kappa shape index (κ2) is 12.0. The number of carbonyl (C=O) groups excluding carboxylic acids is 1. The summed E-state index contributed by atoms with van der Waals surface area (Å²) < 4.78 is 111. The van der Waals surface area contributed by atoms with Gasteiger partial charge in [-0.2, -0.15) is 13.2 Å².